The Balaban J connectivity index is 1.77. The normalized spacial score (nSPS) is 13.0. The molecule has 0 spiro atoms. The van der Waals surface area contributed by atoms with Crippen molar-refractivity contribution in [3.8, 4) is 11.5 Å². The van der Waals surface area contributed by atoms with Crippen molar-refractivity contribution < 1.29 is 31.3 Å². The Morgan fingerprint density at radius 1 is 0.500 bits per heavy atom. The van der Waals surface area contributed by atoms with Gasteiger partial charge in [0.2, 0.25) is 0 Å². The summed E-state index contributed by atoms with van der Waals surface area (Å²) < 4.78 is 80.2. The molecule has 0 radical (unpaired) electrons. The summed E-state index contributed by atoms with van der Waals surface area (Å²) in [6.07, 6.45) is 0. The molecule has 0 unspecified atom stereocenters. The fourth-order valence-electron chi connectivity index (χ4n) is 3.50. The van der Waals surface area contributed by atoms with Crippen LogP contribution in [-0.4, -0.2) is 7.12 Å². The van der Waals surface area contributed by atoms with E-state index in [1.165, 1.54) is 0 Å². The number of fused-ring (bicyclic) bond motifs is 6. The van der Waals surface area contributed by atoms with Gasteiger partial charge in [-0.25, -0.2) is 22.0 Å². The maximum Gasteiger partial charge on any atom is 0.639 e. The highest BCUT2D eigenvalue weighted by Gasteiger charge is 2.44. The van der Waals surface area contributed by atoms with Gasteiger partial charge >= 0.3 is 7.12 Å². The van der Waals surface area contributed by atoms with Gasteiger partial charge in [0.25, 0.3) is 0 Å². The molecule has 1 heterocycles. The average molecular weight is 386 g/mol. The molecule has 28 heavy (non-hydrogen) atoms. The Morgan fingerprint density at radius 3 is 1.29 bits per heavy atom. The Morgan fingerprint density at radius 2 is 0.857 bits per heavy atom. The molecule has 138 valence electrons. The van der Waals surface area contributed by atoms with Crippen LogP contribution in [0.5, 0.6) is 11.5 Å². The topological polar surface area (TPSA) is 18.5 Å². The average Bonchev–Trinajstić information content (AvgIpc) is 3.16. The highest BCUT2D eigenvalue weighted by Crippen LogP contribution is 2.46. The zero-order valence-electron chi connectivity index (χ0n) is 13.9. The molecule has 2 nitrogen and oxygen atoms in total. The van der Waals surface area contributed by atoms with Crippen molar-refractivity contribution in [2.45, 2.75) is 0 Å². The van der Waals surface area contributed by atoms with Crippen LogP contribution in [-0.2, 0) is 0 Å². The van der Waals surface area contributed by atoms with Gasteiger partial charge in [0.05, 0.1) is 5.46 Å². The molecule has 0 aliphatic carbocycles. The molecule has 5 rings (SSSR count). The van der Waals surface area contributed by atoms with E-state index >= 15 is 0 Å². The molecule has 0 bridgehead atoms. The van der Waals surface area contributed by atoms with E-state index in [1.54, 1.807) is 24.3 Å². The Labute approximate surface area is 155 Å². The summed E-state index contributed by atoms with van der Waals surface area (Å²) in [5.74, 6) is -9.93. The minimum Gasteiger partial charge on any atom is -0.519 e. The van der Waals surface area contributed by atoms with Gasteiger partial charge in [-0.15, -0.1) is 0 Å². The first kappa shape index (κ1) is 16.9. The van der Waals surface area contributed by atoms with Gasteiger partial charge in [-0.1, -0.05) is 48.5 Å². The van der Waals surface area contributed by atoms with Crippen molar-refractivity contribution in [1.82, 2.24) is 0 Å². The van der Waals surface area contributed by atoms with E-state index in [4.69, 9.17) is 9.31 Å². The smallest absolute Gasteiger partial charge is 0.519 e. The molecule has 4 aromatic rings. The fourth-order valence-corrected chi connectivity index (χ4v) is 3.50. The maximum absolute atomic E-state index is 14.2. The molecule has 0 N–H and O–H groups in total. The molecule has 1 aliphatic heterocycles. The highest BCUT2D eigenvalue weighted by molar-refractivity contribution is 6.64. The van der Waals surface area contributed by atoms with E-state index in [-0.39, 0.29) is 11.5 Å². The summed E-state index contributed by atoms with van der Waals surface area (Å²) in [6.45, 7) is 0. The minimum absolute atomic E-state index is 0.184. The van der Waals surface area contributed by atoms with E-state index in [0.717, 1.165) is 10.8 Å². The van der Waals surface area contributed by atoms with Crippen LogP contribution in [0.15, 0.2) is 48.5 Å². The highest BCUT2D eigenvalue weighted by atomic mass is 19.2. The quantitative estimate of drug-likeness (QED) is 0.153. The molecular formula is C20H8BF5O2. The van der Waals surface area contributed by atoms with Crippen molar-refractivity contribution in [2.75, 3.05) is 0 Å². The van der Waals surface area contributed by atoms with Gasteiger partial charge in [-0.2, -0.15) is 0 Å². The molecule has 0 fully saturated rings. The van der Waals surface area contributed by atoms with Crippen LogP contribution >= 0.6 is 0 Å². The van der Waals surface area contributed by atoms with Gasteiger partial charge in [0.1, 0.15) is 0 Å². The summed E-state index contributed by atoms with van der Waals surface area (Å²) in [6, 6.07) is 14.3. The lowest BCUT2D eigenvalue weighted by Gasteiger charge is -2.09. The van der Waals surface area contributed by atoms with E-state index in [9.17, 15) is 22.0 Å². The fraction of sp³-hybridized carbons (Fsp3) is 0. The maximum atomic E-state index is 14.2. The second-order valence-corrected chi connectivity index (χ2v) is 6.30. The van der Waals surface area contributed by atoms with Crippen molar-refractivity contribution in [3.05, 3.63) is 77.6 Å². The van der Waals surface area contributed by atoms with E-state index in [1.807, 2.05) is 24.3 Å². The number of hydrogen-bond donors (Lipinski definition) is 0. The molecule has 1 aliphatic rings. The van der Waals surface area contributed by atoms with Crippen LogP contribution in [0.1, 0.15) is 0 Å². The Hall–Kier alpha value is -3.29. The first-order valence-electron chi connectivity index (χ1n) is 8.27. The SMILES string of the molecule is Fc1c(F)c(F)c(B2Oc3c(c4ccccc4c4ccccc34)O2)c(F)c1F. The van der Waals surface area contributed by atoms with Gasteiger partial charge in [-0.05, 0) is 10.8 Å². The number of hydrogen-bond acceptors (Lipinski definition) is 2. The predicted octanol–water partition coefficient (Wildman–Crippen LogP) is 4.86. The van der Waals surface area contributed by atoms with Gasteiger partial charge in [-0.3, -0.25) is 0 Å². The molecule has 4 aromatic carbocycles. The zero-order valence-corrected chi connectivity index (χ0v) is 13.9. The lowest BCUT2D eigenvalue weighted by atomic mass is 9.78. The molecule has 8 heteroatoms. The summed E-state index contributed by atoms with van der Waals surface area (Å²) >= 11 is 0. The Bertz CT molecular complexity index is 1200. The van der Waals surface area contributed by atoms with E-state index in [0.29, 0.717) is 10.8 Å². The number of halogens is 5. The molecule has 0 saturated carbocycles. The Kier molecular flexibility index (Phi) is 3.52. The third-order valence-electron chi connectivity index (χ3n) is 4.77. The zero-order chi connectivity index (χ0) is 19.6. The summed E-state index contributed by atoms with van der Waals surface area (Å²) in [7, 11) is -1.81. The molecule has 0 aromatic heterocycles. The lowest BCUT2D eigenvalue weighted by molar-refractivity contribution is 0.380. The summed E-state index contributed by atoms with van der Waals surface area (Å²) in [5, 5.41) is 2.81. The summed E-state index contributed by atoms with van der Waals surface area (Å²) in [5.41, 5.74) is -1.17. The first-order valence-corrected chi connectivity index (χ1v) is 8.27. The molecule has 0 atom stereocenters. The first-order chi connectivity index (χ1) is 13.5. The van der Waals surface area contributed by atoms with Crippen molar-refractivity contribution >= 4 is 34.1 Å². The molecule has 0 amide bonds. The largest absolute Gasteiger partial charge is 0.639 e. The van der Waals surface area contributed by atoms with Crippen LogP contribution in [0.4, 0.5) is 22.0 Å². The number of benzene rings is 4. The number of rotatable bonds is 1. The van der Waals surface area contributed by atoms with Crippen LogP contribution in [0.25, 0.3) is 21.5 Å². The van der Waals surface area contributed by atoms with E-state index in [2.05, 4.69) is 0 Å². The monoisotopic (exact) mass is 386 g/mol. The van der Waals surface area contributed by atoms with Crippen LogP contribution in [0.3, 0.4) is 0 Å². The van der Waals surface area contributed by atoms with Crippen molar-refractivity contribution in [1.29, 1.82) is 0 Å². The van der Waals surface area contributed by atoms with Gasteiger partial charge in [0, 0.05) is 10.8 Å². The standard InChI is InChI=1S/C20H8BF5O2/c22-14-13(15(23)17(25)18(26)16(14)24)21-27-19-11-7-3-1-5-9(11)10-6-2-4-8-12(10)20(19)28-21/h1-8H. The second-order valence-electron chi connectivity index (χ2n) is 6.30. The third-order valence-corrected chi connectivity index (χ3v) is 4.77. The van der Waals surface area contributed by atoms with Crippen LogP contribution < -0.4 is 14.8 Å². The van der Waals surface area contributed by atoms with Crippen LogP contribution in [0.2, 0.25) is 0 Å². The predicted molar refractivity (Wildman–Crippen MR) is 94.3 cm³/mol. The second kappa shape index (κ2) is 5.86. The van der Waals surface area contributed by atoms with Crippen LogP contribution in [0, 0.1) is 29.1 Å². The lowest BCUT2D eigenvalue weighted by Crippen LogP contribution is -2.45. The van der Waals surface area contributed by atoms with Crippen molar-refractivity contribution in [3.63, 3.8) is 0 Å². The molecule has 0 saturated heterocycles. The molecular weight excluding hydrogens is 378 g/mol. The van der Waals surface area contributed by atoms with Gasteiger partial charge in [0.15, 0.2) is 40.6 Å². The summed E-state index contributed by atoms with van der Waals surface area (Å²) in [4.78, 5) is 0. The minimum atomic E-state index is -2.23. The van der Waals surface area contributed by atoms with E-state index < -0.39 is 41.7 Å². The van der Waals surface area contributed by atoms with Gasteiger partial charge < -0.3 is 9.31 Å². The third kappa shape index (κ3) is 2.14. The van der Waals surface area contributed by atoms with Crippen molar-refractivity contribution in [2.24, 2.45) is 0 Å².